The van der Waals surface area contributed by atoms with E-state index in [0.717, 1.165) is 4.57 Å². The molecule has 1 aromatic heterocycles. The van der Waals surface area contributed by atoms with E-state index in [1.54, 1.807) is 0 Å². The summed E-state index contributed by atoms with van der Waals surface area (Å²) < 4.78 is 6.48. The Morgan fingerprint density at radius 1 is 1.58 bits per heavy atom. The minimum Gasteiger partial charge on any atom is -0.394 e. The van der Waals surface area contributed by atoms with E-state index in [4.69, 9.17) is 9.84 Å². The van der Waals surface area contributed by atoms with E-state index in [2.05, 4.69) is 27.5 Å². The lowest BCUT2D eigenvalue weighted by Gasteiger charge is -2.17. The van der Waals surface area contributed by atoms with Crippen molar-refractivity contribution in [2.75, 3.05) is 6.61 Å². The van der Waals surface area contributed by atoms with Crippen LogP contribution in [0.25, 0.3) is 6.08 Å². The van der Waals surface area contributed by atoms with Crippen LogP contribution in [0.1, 0.15) is 11.8 Å². The van der Waals surface area contributed by atoms with Crippen LogP contribution in [0.3, 0.4) is 0 Å². The molecule has 7 nitrogen and oxygen atoms in total. The molecule has 2 rings (SSSR count). The average molecular weight is 333 g/mol. The number of alkyl halides is 1. The van der Waals surface area contributed by atoms with Crippen molar-refractivity contribution in [3.05, 3.63) is 39.2 Å². The molecule has 0 saturated carbocycles. The van der Waals surface area contributed by atoms with Crippen LogP contribution in [-0.4, -0.2) is 43.4 Å². The first-order valence-electron chi connectivity index (χ1n) is 5.56. The zero-order valence-electron chi connectivity index (χ0n) is 9.82. The summed E-state index contributed by atoms with van der Waals surface area (Å²) in [6.07, 6.45) is -0.0822. The highest BCUT2D eigenvalue weighted by atomic mass is 79.9. The van der Waals surface area contributed by atoms with Crippen LogP contribution < -0.4 is 11.2 Å². The van der Waals surface area contributed by atoms with Crippen molar-refractivity contribution in [3.63, 3.8) is 0 Å². The normalized spacial score (nSPS) is 30.5. The van der Waals surface area contributed by atoms with Crippen LogP contribution in [0, 0.1) is 0 Å². The molecular formula is C11H13BrN2O5. The number of aromatic amines is 1. The number of ether oxygens (including phenoxy) is 1. The molecule has 1 aliphatic heterocycles. The van der Waals surface area contributed by atoms with Gasteiger partial charge in [-0.15, -0.1) is 0 Å². The van der Waals surface area contributed by atoms with Gasteiger partial charge < -0.3 is 14.9 Å². The molecule has 2 heterocycles. The van der Waals surface area contributed by atoms with E-state index in [-0.39, 0.29) is 12.2 Å². The van der Waals surface area contributed by atoms with Gasteiger partial charge in [0.15, 0.2) is 6.23 Å². The third-order valence-corrected chi connectivity index (χ3v) is 4.09. The molecule has 0 aromatic carbocycles. The van der Waals surface area contributed by atoms with Crippen molar-refractivity contribution in [2.45, 2.75) is 23.3 Å². The molecule has 1 saturated heterocycles. The molecule has 1 aliphatic rings. The second-order valence-corrected chi connectivity index (χ2v) is 5.20. The fraction of sp³-hybridized carbons (Fsp3) is 0.455. The Kier molecular flexibility index (Phi) is 4.04. The van der Waals surface area contributed by atoms with Gasteiger partial charge in [-0.05, 0) is 0 Å². The van der Waals surface area contributed by atoms with Crippen molar-refractivity contribution in [3.8, 4) is 0 Å². The van der Waals surface area contributed by atoms with E-state index in [0.29, 0.717) is 0 Å². The maximum atomic E-state index is 11.7. The summed E-state index contributed by atoms with van der Waals surface area (Å²) >= 11 is 3.20. The van der Waals surface area contributed by atoms with Crippen LogP contribution in [0.15, 0.2) is 22.4 Å². The van der Waals surface area contributed by atoms with Gasteiger partial charge in [0, 0.05) is 6.20 Å². The van der Waals surface area contributed by atoms with Crippen molar-refractivity contribution >= 4 is 22.0 Å². The van der Waals surface area contributed by atoms with Gasteiger partial charge in [-0.1, -0.05) is 28.6 Å². The Morgan fingerprint density at radius 3 is 2.79 bits per heavy atom. The van der Waals surface area contributed by atoms with Gasteiger partial charge in [0.1, 0.15) is 6.10 Å². The number of hydrogen-bond donors (Lipinski definition) is 3. The number of aliphatic hydroxyl groups is 2. The van der Waals surface area contributed by atoms with Crippen molar-refractivity contribution in [1.82, 2.24) is 9.55 Å². The van der Waals surface area contributed by atoms with Gasteiger partial charge in [-0.2, -0.15) is 0 Å². The maximum absolute atomic E-state index is 11.7. The smallest absolute Gasteiger partial charge is 0.330 e. The van der Waals surface area contributed by atoms with E-state index in [1.165, 1.54) is 12.3 Å². The largest absolute Gasteiger partial charge is 0.394 e. The van der Waals surface area contributed by atoms with Crippen LogP contribution >= 0.6 is 15.9 Å². The highest BCUT2D eigenvalue weighted by Crippen LogP contribution is 2.32. The van der Waals surface area contributed by atoms with Crippen molar-refractivity contribution in [2.24, 2.45) is 0 Å². The Hall–Kier alpha value is -1.22. The minimum atomic E-state index is -1.03. The van der Waals surface area contributed by atoms with Crippen LogP contribution in [0.2, 0.25) is 0 Å². The molecule has 104 valence electrons. The first-order valence-corrected chi connectivity index (χ1v) is 6.47. The molecule has 4 atom stereocenters. The lowest BCUT2D eigenvalue weighted by molar-refractivity contribution is -0.0530. The molecular weight excluding hydrogens is 320 g/mol. The predicted molar refractivity (Wildman–Crippen MR) is 71.1 cm³/mol. The fourth-order valence-electron chi connectivity index (χ4n) is 1.92. The quantitative estimate of drug-likeness (QED) is 0.628. The van der Waals surface area contributed by atoms with E-state index in [9.17, 15) is 14.7 Å². The molecule has 0 radical (unpaired) electrons. The van der Waals surface area contributed by atoms with Gasteiger partial charge >= 0.3 is 5.69 Å². The first-order chi connectivity index (χ1) is 8.99. The zero-order valence-corrected chi connectivity index (χ0v) is 11.4. The lowest BCUT2D eigenvalue weighted by atomic mass is 10.2. The Bertz CT molecular complexity index is 595. The Labute approximate surface area is 116 Å². The summed E-state index contributed by atoms with van der Waals surface area (Å²) in [4.78, 5) is 24.8. The predicted octanol–water partition coefficient (Wildman–Crippen LogP) is -0.806. The number of rotatable bonds is 3. The third-order valence-electron chi connectivity index (χ3n) is 2.96. The minimum absolute atomic E-state index is 0.189. The summed E-state index contributed by atoms with van der Waals surface area (Å²) in [5, 5.41) is 19.1. The van der Waals surface area contributed by atoms with Crippen molar-refractivity contribution in [1.29, 1.82) is 0 Å². The molecule has 3 N–H and O–H groups in total. The maximum Gasteiger partial charge on any atom is 0.330 e. The number of halogens is 1. The molecule has 0 unspecified atom stereocenters. The lowest BCUT2D eigenvalue weighted by Crippen LogP contribution is -2.37. The highest BCUT2D eigenvalue weighted by Gasteiger charge is 2.43. The molecule has 1 aromatic rings. The number of hydrogen-bond acceptors (Lipinski definition) is 5. The summed E-state index contributed by atoms with van der Waals surface area (Å²) in [5.41, 5.74) is -1.07. The second-order valence-electron chi connectivity index (χ2n) is 4.14. The number of H-pyrrole nitrogens is 1. The van der Waals surface area contributed by atoms with Gasteiger partial charge in [-0.25, -0.2) is 4.79 Å². The fourth-order valence-corrected chi connectivity index (χ4v) is 2.47. The van der Waals surface area contributed by atoms with Crippen LogP contribution in [0.4, 0.5) is 0 Å². The number of aliphatic hydroxyl groups excluding tert-OH is 2. The Morgan fingerprint density at radius 2 is 2.26 bits per heavy atom. The average Bonchev–Trinajstić information content (AvgIpc) is 2.67. The van der Waals surface area contributed by atoms with E-state index in [1.807, 2.05) is 0 Å². The van der Waals surface area contributed by atoms with Gasteiger partial charge in [-0.3, -0.25) is 14.3 Å². The second kappa shape index (κ2) is 5.41. The number of nitrogens with zero attached hydrogens (tertiary/aromatic N) is 1. The van der Waals surface area contributed by atoms with Crippen LogP contribution in [0.5, 0.6) is 0 Å². The van der Waals surface area contributed by atoms with Crippen LogP contribution in [-0.2, 0) is 4.74 Å². The van der Waals surface area contributed by atoms with E-state index < -0.39 is 34.5 Å². The summed E-state index contributed by atoms with van der Waals surface area (Å²) in [5.74, 6) is 0. The molecule has 8 heteroatoms. The van der Waals surface area contributed by atoms with Gasteiger partial charge in [0.2, 0.25) is 0 Å². The SMILES string of the molecule is C=Cc1cn([C@@H]2O[C@H](CO)[C@H](Br)[C@H]2O)c(=O)[nH]c1=O. The summed E-state index contributed by atoms with van der Waals surface area (Å²) in [6, 6.07) is 0. The molecule has 0 amide bonds. The van der Waals surface area contributed by atoms with Gasteiger partial charge in [0.05, 0.1) is 23.1 Å². The molecule has 0 aliphatic carbocycles. The van der Waals surface area contributed by atoms with Gasteiger partial charge in [0.25, 0.3) is 5.56 Å². The summed E-state index contributed by atoms with van der Waals surface area (Å²) in [6.45, 7) is 3.17. The first kappa shape index (κ1) is 14.2. The Balaban J connectivity index is 2.46. The third kappa shape index (κ3) is 2.44. The number of aromatic nitrogens is 2. The number of nitrogens with one attached hydrogen (secondary N) is 1. The monoisotopic (exact) mass is 332 g/mol. The standard InChI is InChI=1S/C11H13BrN2O5/c1-2-5-3-14(11(18)13-9(5)17)10-8(16)7(12)6(4-15)19-10/h2-3,6-8,10,15-16H,1,4H2,(H,13,17,18)/t6-,7+,8-,10-/m1/s1. The summed E-state index contributed by atoms with van der Waals surface area (Å²) in [7, 11) is 0. The topological polar surface area (TPSA) is 105 Å². The molecule has 0 bridgehead atoms. The van der Waals surface area contributed by atoms with Crippen molar-refractivity contribution < 1.29 is 14.9 Å². The molecule has 0 spiro atoms. The zero-order chi connectivity index (χ0) is 14.2. The highest BCUT2D eigenvalue weighted by molar-refractivity contribution is 9.09. The molecule has 1 fully saturated rings. The molecule has 19 heavy (non-hydrogen) atoms. The van der Waals surface area contributed by atoms with E-state index >= 15 is 0 Å².